The molecule has 1 amide bonds. The first-order chi connectivity index (χ1) is 14.7. The molecule has 0 radical (unpaired) electrons. The molecule has 0 aliphatic heterocycles. The van der Waals surface area contributed by atoms with Gasteiger partial charge in [0.05, 0.1) is 16.6 Å². The van der Waals surface area contributed by atoms with Crippen LogP contribution in [0, 0.1) is 13.8 Å². The second-order valence-corrected chi connectivity index (χ2v) is 9.80. The topological polar surface area (TPSA) is 66.5 Å². The van der Waals surface area contributed by atoms with Gasteiger partial charge in [-0.05, 0) is 62.7 Å². The van der Waals surface area contributed by atoms with Crippen molar-refractivity contribution in [2.45, 2.75) is 31.7 Å². The summed E-state index contributed by atoms with van der Waals surface area (Å²) in [6.07, 6.45) is 0. The van der Waals surface area contributed by atoms with Gasteiger partial charge in [-0.15, -0.1) is 0 Å². The molecule has 1 N–H and O–H groups in total. The van der Waals surface area contributed by atoms with Crippen molar-refractivity contribution in [2.24, 2.45) is 0 Å². The van der Waals surface area contributed by atoms with Gasteiger partial charge in [0, 0.05) is 5.02 Å². The number of sulfonamides is 1. The Morgan fingerprint density at radius 3 is 1.97 bits per heavy atom. The first kappa shape index (κ1) is 22.8. The Bertz CT molecular complexity index is 1140. The normalized spacial score (nSPS) is 12.3. The minimum Gasteiger partial charge on any atom is -0.348 e. The van der Waals surface area contributed by atoms with Gasteiger partial charge in [-0.2, -0.15) is 0 Å². The van der Waals surface area contributed by atoms with Gasteiger partial charge in [0.25, 0.3) is 10.0 Å². The monoisotopic (exact) mass is 456 g/mol. The number of halogens is 1. The van der Waals surface area contributed by atoms with E-state index in [9.17, 15) is 13.2 Å². The minimum absolute atomic E-state index is 0.118. The Labute approximate surface area is 188 Å². The summed E-state index contributed by atoms with van der Waals surface area (Å²) in [5.74, 6) is -0.404. The van der Waals surface area contributed by atoms with Crippen LogP contribution in [0.15, 0.2) is 77.7 Å². The largest absolute Gasteiger partial charge is 0.348 e. The summed E-state index contributed by atoms with van der Waals surface area (Å²) in [6.45, 7) is 5.39. The molecule has 0 spiro atoms. The maximum absolute atomic E-state index is 13.4. The molecule has 162 valence electrons. The van der Waals surface area contributed by atoms with Gasteiger partial charge in [-0.1, -0.05) is 59.1 Å². The van der Waals surface area contributed by atoms with Crippen molar-refractivity contribution >= 4 is 33.2 Å². The highest BCUT2D eigenvalue weighted by atomic mass is 35.5. The number of aryl methyl sites for hydroxylation is 2. The Balaban J connectivity index is 1.87. The summed E-state index contributed by atoms with van der Waals surface area (Å²) in [5, 5.41) is 3.37. The van der Waals surface area contributed by atoms with Gasteiger partial charge < -0.3 is 5.32 Å². The lowest BCUT2D eigenvalue weighted by Gasteiger charge is -2.25. The van der Waals surface area contributed by atoms with E-state index in [-0.39, 0.29) is 17.5 Å². The molecule has 0 saturated carbocycles. The number of rotatable bonds is 7. The maximum atomic E-state index is 13.4. The second-order valence-electron chi connectivity index (χ2n) is 7.50. The highest BCUT2D eigenvalue weighted by Crippen LogP contribution is 2.25. The molecule has 7 heteroatoms. The van der Waals surface area contributed by atoms with Crippen LogP contribution in [0.1, 0.15) is 29.7 Å². The van der Waals surface area contributed by atoms with Crippen molar-refractivity contribution in [2.75, 3.05) is 10.8 Å². The molecule has 5 nitrogen and oxygen atoms in total. The average molecular weight is 457 g/mol. The van der Waals surface area contributed by atoms with Gasteiger partial charge in [-0.25, -0.2) is 8.42 Å². The van der Waals surface area contributed by atoms with E-state index in [1.165, 1.54) is 0 Å². The van der Waals surface area contributed by atoms with Gasteiger partial charge in [-0.3, -0.25) is 9.10 Å². The van der Waals surface area contributed by atoms with Crippen molar-refractivity contribution in [3.8, 4) is 0 Å². The van der Waals surface area contributed by atoms with Gasteiger partial charge in [0.1, 0.15) is 6.54 Å². The van der Waals surface area contributed by atoms with E-state index in [0.29, 0.717) is 10.7 Å². The Kier molecular flexibility index (Phi) is 7.03. The van der Waals surface area contributed by atoms with E-state index >= 15 is 0 Å². The van der Waals surface area contributed by atoms with Crippen LogP contribution >= 0.6 is 11.6 Å². The van der Waals surface area contributed by atoms with Crippen molar-refractivity contribution in [3.63, 3.8) is 0 Å². The maximum Gasteiger partial charge on any atom is 0.264 e. The first-order valence-corrected chi connectivity index (χ1v) is 11.7. The third-order valence-electron chi connectivity index (χ3n) is 4.97. The summed E-state index contributed by atoms with van der Waals surface area (Å²) < 4.78 is 27.8. The highest BCUT2D eigenvalue weighted by Gasteiger charge is 2.27. The van der Waals surface area contributed by atoms with Crippen LogP contribution in [0.5, 0.6) is 0 Å². The van der Waals surface area contributed by atoms with Crippen LogP contribution in [0.3, 0.4) is 0 Å². The predicted molar refractivity (Wildman–Crippen MR) is 125 cm³/mol. The number of amides is 1. The molecule has 3 aromatic carbocycles. The number of nitrogens with zero attached hydrogens (tertiary/aromatic N) is 1. The molecule has 0 unspecified atom stereocenters. The average Bonchev–Trinajstić information content (AvgIpc) is 2.73. The minimum atomic E-state index is -3.96. The van der Waals surface area contributed by atoms with Crippen LogP contribution in [0.4, 0.5) is 5.69 Å². The van der Waals surface area contributed by atoms with Gasteiger partial charge in [0.15, 0.2) is 0 Å². The molecule has 0 fully saturated rings. The number of hydrogen-bond acceptors (Lipinski definition) is 3. The van der Waals surface area contributed by atoms with E-state index in [1.807, 2.05) is 45.0 Å². The van der Waals surface area contributed by atoms with Crippen molar-refractivity contribution in [3.05, 3.63) is 94.5 Å². The zero-order chi connectivity index (χ0) is 22.6. The van der Waals surface area contributed by atoms with Crippen molar-refractivity contribution in [1.29, 1.82) is 0 Å². The van der Waals surface area contributed by atoms with Gasteiger partial charge >= 0.3 is 0 Å². The Morgan fingerprint density at radius 1 is 0.903 bits per heavy atom. The molecule has 3 aromatic rings. The molecule has 0 aromatic heterocycles. The fourth-order valence-electron chi connectivity index (χ4n) is 3.12. The molecular weight excluding hydrogens is 432 g/mol. The zero-order valence-corrected chi connectivity index (χ0v) is 19.2. The Hall–Kier alpha value is -2.83. The number of carbonyl (C=O) groups excluding carboxylic acids is 1. The lowest BCUT2D eigenvalue weighted by atomic mass is 10.1. The highest BCUT2D eigenvalue weighted by molar-refractivity contribution is 7.92. The molecule has 0 aliphatic carbocycles. The zero-order valence-electron chi connectivity index (χ0n) is 17.7. The van der Waals surface area contributed by atoms with Crippen LogP contribution in [0.2, 0.25) is 5.02 Å². The second kappa shape index (κ2) is 9.54. The number of carbonyl (C=O) groups is 1. The van der Waals surface area contributed by atoms with E-state index in [1.54, 1.807) is 48.5 Å². The third kappa shape index (κ3) is 5.66. The fourth-order valence-corrected chi connectivity index (χ4v) is 4.66. The third-order valence-corrected chi connectivity index (χ3v) is 7.01. The number of benzene rings is 3. The van der Waals surface area contributed by atoms with Crippen LogP contribution in [-0.4, -0.2) is 20.9 Å². The van der Waals surface area contributed by atoms with Crippen LogP contribution in [0.25, 0.3) is 0 Å². The lowest BCUT2D eigenvalue weighted by Crippen LogP contribution is -2.41. The predicted octanol–water partition coefficient (Wildman–Crippen LogP) is 5.03. The lowest BCUT2D eigenvalue weighted by molar-refractivity contribution is -0.120. The SMILES string of the molecule is Cc1ccc([C@H](C)NC(=O)CN(c2ccc(Cl)cc2)S(=O)(=O)c2ccc(C)cc2)cc1. The van der Waals surface area contributed by atoms with E-state index < -0.39 is 15.9 Å². The summed E-state index contributed by atoms with van der Waals surface area (Å²) in [5.41, 5.74) is 3.38. The standard InChI is InChI=1S/C24H25ClN2O3S/c1-17-4-8-20(9-5-17)19(3)26-24(28)16-27(22-12-10-21(25)11-13-22)31(29,30)23-14-6-18(2)7-15-23/h4-15,19H,16H2,1-3H3,(H,26,28)/t19-/m0/s1. The molecule has 0 bridgehead atoms. The summed E-state index contributed by atoms with van der Waals surface area (Å²) in [6, 6.07) is 20.5. The van der Waals surface area contributed by atoms with Crippen molar-refractivity contribution in [1.82, 2.24) is 5.32 Å². The molecule has 0 heterocycles. The number of anilines is 1. The summed E-state index contributed by atoms with van der Waals surface area (Å²) in [4.78, 5) is 13.0. The quantitative estimate of drug-likeness (QED) is 0.542. The molecule has 0 aliphatic rings. The summed E-state index contributed by atoms with van der Waals surface area (Å²) >= 11 is 5.97. The van der Waals surface area contributed by atoms with Gasteiger partial charge in [0.2, 0.25) is 5.91 Å². The molecular formula is C24H25ClN2O3S. The van der Waals surface area contributed by atoms with Crippen molar-refractivity contribution < 1.29 is 13.2 Å². The van der Waals surface area contributed by atoms with Crippen LogP contribution in [-0.2, 0) is 14.8 Å². The summed E-state index contributed by atoms with van der Waals surface area (Å²) in [7, 11) is -3.96. The van der Waals surface area contributed by atoms with Crippen LogP contribution < -0.4 is 9.62 Å². The smallest absolute Gasteiger partial charge is 0.264 e. The fraction of sp³-hybridized carbons (Fsp3) is 0.208. The molecule has 31 heavy (non-hydrogen) atoms. The molecule has 1 atom stereocenters. The van der Waals surface area contributed by atoms with E-state index in [4.69, 9.17) is 11.6 Å². The van der Waals surface area contributed by atoms with E-state index in [2.05, 4.69) is 5.32 Å². The molecule has 0 saturated heterocycles. The Morgan fingerprint density at radius 2 is 1.42 bits per heavy atom. The van der Waals surface area contributed by atoms with E-state index in [0.717, 1.165) is 21.0 Å². The number of nitrogens with one attached hydrogen (secondary N) is 1. The molecule has 3 rings (SSSR count). The number of hydrogen-bond donors (Lipinski definition) is 1. The first-order valence-electron chi connectivity index (χ1n) is 9.88.